The van der Waals surface area contributed by atoms with Gasteiger partial charge in [0.2, 0.25) is 5.91 Å². The summed E-state index contributed by atoms with van der Waals surface area (Å²) in [4.78, 5) is 49.1. The molecule has 0 aliphatic rings. The minimum absolute atomic E-state index is 0.0700. The Labute approximate surface area is 210 Å². The first-order valence-electron chi connectivity index (χ1n) is 11.5. The van der Waals surface area contributed by atoms with Crippen LogP contribution in [0.5, 0.6) is 5.75 Å². The molecule has 36 heavy (non-hydrogen) atoms. The Hall–Kier alpha value is -3.92. The van der Waals surface area contributed by atoms with Crippen LogP contribution in [0.1, 0.15) is 38.8 Å². The van der Waals surface area contributed by atoms with Crippen molar-refractivity contribution in [3.8, 4) is 5.75 Å². The van der Waals surface area contributed by atoms with Crippen molar-refractivity contribution in [1.82, 2.24) is 10.6 Å². The van der Waals surface area contributed by atoms with Crippen molar-refractivity contribution in [2.24, 2.45) is 5.73 Å². The lowest BCUT2D eigenvalue weighted by Gasteiger charge is -2.24. The standard InChI is InChI=1S/C26H33N3O7/c1-17(24(32)34-16-19-8-6-5-7-9-19)28-23(31)21(29-25(33)36-26(2,3)4)14-18-10-12-20(13-11-18)35-22(30)15-27/h5-13,17,21H,14-16,27H2,1-4H3,(H,28,31)(H,29,33)/t17-,21+/m1/s1. The molecule has 2 rings (SSSR count). The highest BCUT2D eigenvalue weighted by molar-refractivity contribution is 5.89. The second-order valence-corrected chi connectivity index (χ2v) is 9.05. The van der Waals surface area contributed by atoms with Gasteiger partial charge in [0, 0.05) is 6.42 Å². The zero-order chi connectivity index (χ0) is 26.7. The predicted octanol–water partition coefficient (Wildman–Crippen LogP) is 2.23. The first kappa shape index (κ1) is 28.3. The summed E-state index contributed by atoms with van der Waals surface area (Å²) in [5, 5.41) is 5.14. The Kier molecular flexibility index (Phi) is 10.4. The van der Waals surface area contributed by atoms with Gasteiger partial charge in [0.15, 0.2) is 0 Å². The molecular formula is C26H33N3O7. The van der Waals surface area contributed by atoms with Gasteiger partial charge in [-0.15, -0.1) is 0 Å². The van der Waals surface area contributed by atoms with Gasteiger partial charge in [-0.2, -0.15) is 0 Å². The first-order valence-corrected chi connectivity index (χ1v) is 11.5. The van der Waals surface area contributed by atoms with Gasteiger partial charge in [0.25, 0.3) is 0 Å². The van der Waals surface area contributed by atoms with Crippen LogP contribution in [0.25, 0.3) is 0 Å². The third-order valence-electron chi connectivity index (χ3n) is 4.71. The van der Waals surface area contributed by atoms with Crippen LogP contribution < -0.4 is 21.1 Å². The fraction of sp³-hybridized carbons (Fsp3) is 0.385. The number of rotatable bonds is 10. The van der Waals surface area contributed by atoms with Crippen molar-refractivity contribution in [2.45, 2.75) is 58.4 Å². The lowest BCUT2D eigenvalue weighted by molar-refractivity contribution is -0.148. The van der Waals surface area contributed by atoms with Gasteiger partial charge in [-0.1, -0.05) is 42.5 Å². The quantitative estimate of drug-likeness (QED) is 0.333. The number of hydrogen-bond donors (Lipinski definition) is 3. The molecule has 2 amide bonds. The van der Waals surface area contributed by atoms with Crippen LogP contribution in [0.15, 0.2) is 54.6 Å². The number of hydrogen-bond acceptors (Lipinski definition) is 8. The Balaban J connectivity index is 2.06. The predicted molar refractivity (Wildman–Crippen MR) is 132 cm³/mol. The van der Waals surface area contributed by atoms with E-state index in [0.717, 1.165) is 5.56 Å². The van der Waals surface area contributed by atoms with Gasteiger partial charge >= 0.3 is 18.0 Å². The van der Waals surface area contributed by atoms with Crippen LogP contribution in [0.3, 0.4) is 0 Å². The zero-order valence-corrected chi connectivity index (χ0v) is 20.9. The Bertz CT molecular complexity index is 1030. The normalized spacial score (nSPS) is 12.6. The molecule has 0 unspecified atom stereocenters. The lowest BCUT2D eigenvalue weighted by atomic mass is 10.0. The van der Waals surface area contributed by atoms with Gasteiger partial charge in [-0.25, -0.2) is 9.59 Å². The molecule has 10 nitrogen and oxygen atoms in total. The third-order valence-corrected chi connectivity index (χ3v) is 4.71. The average Bonchev–Trinajstić information content (AvgIpc) is 2.82. The summed E-state index contributed by atoms with van der Waals surface area (Å²) in [6.07, 6.45) is -0.697. The number of ether oxygens (including phenoxy) is 3. The molecule has 2 aromatic carbocycles. The number of carbonyl (C=O) groups is 4. The van der Waals surface area contributed by atoms with E-state index in [4.69, 9.17) is 19.9 Å². The van der Waals surface area contributed by atoms with E-state index in [9.17, 15) is 19.2 Å². The van der Waals surface area contributed by atoms with Crippen LogP contribution in [0, 0.1) is 0 Å². The summed E-state index contributed by atoms with van der Waals surface area (Å²) in [7, 11) is 0. The maximum absolute atomic E-state index is 13.0. The molecule has 2 atom stereocenters. The van der Waals surface area contributed by atoms with Crippen LogP contribution in [0.4, 0.5) is 4.79 Å². The number of amides is 2. The van der Waals surface area contributed by atoms with E-state index >= 15 is 0 Å². The molecule has 0 fully saturated rings. The van der Waals surface area contributed by atoms with Crippen molar-refractivity contribution in [3.63, 3.8) is 0 Å². The minimum atomic E-state index is -1.05. The highest BCUT2D eigenvalue weighted by Crippen LogP contribution is 2.15. The Morgan fingerprint density at radius 1 is 0.917 bits per heavy atom. The van der Waals surface area contributed by atoms with Gasteiger partial charge in [0.1, 0.15) is 30.0 Å². The van der Waals surface area contributed by atoms with Gasteiger partial charge in [0.05, 0.1) is 6.54 Å². The van der Waals surface area contributed by atoms with E-state index in [2.05, 4.69) is 10.6 Å². The van der Waals surface area contributed by atoms with Crippen molar-refractivity contribution >= 4 is 23.9 Å². The molecular weight excluding hydrogens is 466 g/mol. The fourth-order valence-electron chi connectivity index (χ4n) is 2.99. The number of nitrogens with one attached hydrogen (secondary N) is 2. The molecule has 0 saturated carbocycles. The first-order chi connectivity index (χ1) is 17.0. The summed E-state index contributed by atoms with van der Waals surface area (Å²) in [5.41, 5.74) is 5.95. The van der Waals surface area contributed by atoms with Crippen molar-refractivity contribution < 1.29 is 33.4 Å². The molecule has 0 saturated heterocycles. The maximum Gasteiger partial charge on any atom is 0.408 e. The number of benzene rings is 2. The largest absolute Gasteiger partial charge is 0.459 e. The van der Waals surface area contributed by atoms with Crippen molar-refractivity contribution in [3.05, 3.63) is 65.7 Å². The van der Waals surface area contributed by atoms with E-state index in [0.29, 0.717) is 11.3 Å². The third kappa shape index (κ3) is 10.1. The highest BCUT2D eigenvalue weighted by atomic mass is 16.6. The second-order valence-electron chi connectivity index (χ2n) is 9.05. The van der Waals surface area contributed by atoms with Crippen LogP contribution in [-0.4, -0.2) is 48.2 Å². The fourth-order valence-corrected chi connectivity index (χ4v) is 2.99. The lowest BCUT2D eigenvalue weighted by Crippen LogP contribution is -2.52. The van der Waals surface area contributed by atoms with E-state index in [1.54, 1.807) is 45.0 Å². The van der Waals surface area contributed by atoms with E-state index in [1.807, 2.05) is 30.3 Å². The van der Waals surface area contributed by atoms with Crippen LogP contribution in [0.2, 0.25) is 0 Å². The highest BCUT2D eigenvalue weighted by Gasteiger charge is 2.27. The van der Waals surface area contributed by atoms with Gasteiger partial charge < -0.3 is 30.6 Å². The number of esters is 2. The van der Waals surface area contributed by atoms with E-state index < -0.39 is 41.6 Å². The molecule has 0 aliphatic carbocycles. The summed E-state index contributed by atoms with van der Waals surface area (Å²) in [6, 6.07) is 13.5. The smallest absolute Gasteiger partial charge is 0.408 e. The molecule has 0 radical (unpaired) electrons. The van der Waals surface area contributed by atoms with E-state index in [1.165, 1.54) is 6.92 Å². The SMILES string of the molecule is C[C@@H](NC(=O)[C@H](Cc1ccc(OC(=O)CN)cc1)NC(=O)OC(C)(C)C)C(=O)OCc1ccccc1. The van der Waals surface area contributed by atoms with Crippen molar-refractivity contribution in [1.29, 1.82) is 0 Å². The molecule has 0 bridgehead atoms. The molecule has 0 aromatic heterocycles. The summed E-state index contributed by atoms with van der Waals surface area (Å²) >= 11 is 0. The second kappa shape index (κ2) is 13.2. The zero-order valence-electron chi connectivity index (χ0n) is 20.9. The molecule has 0 heterocycles. The summed E-state index contributed by atoms with van der Waals surface area (Å²) in [6.45, 7) is 6.42. The minimum Gasteiger partial charge on any atom is -0.459 e. The Morgan fingerprint density at radius 2 is 1.56 bits per heavy atom. The maximum atomic E-state index is 13.0. The number of carbonyl (C=O) groups excluding carboxylic acids is 4. The summed E-state index contributed by atoms with van der Waals surface area (Å²) < 4.78 is 15.6. The molecule has 4 N–H and O–H groups in total. The molecule has 194 valence electrons. The average molecular weight is 500 g/mol. The van der Waals surface area contributed by atoms with Crippen LogP contribution in [-0.2, 0) is 36.9 Å². The van der Waals surface area contributed by atoms with E-state index in [-0.39, 0.29) is 19.6 Å². The van der Waals surface area contributed by atoms with Gasteiger partial charge in [-0.05, 0) is 51.0 Å². The van der Waals surface area contributed by atoms with Crippen LogP contribution >= 0.6 is 0 Å². The summed E-state index contributed by atoms with van der Waals surface area (Å²) in [5.74, 6) is -1.50. The van der Waals surface area contributed by atoms with Crippen molar-refractivity contribution in [2.75, 3.05) is 6.54 Å². The van der Waals surface area contributed by atoms with Gasteiger partial charge in [-0.3, -0.25) is 9.59 Å². The molecule has 2 aromatic rings. The topological polar surface area (TPSA) is 146 Å². The number of alkyl carbamates (subject to hydrolysis) is 1. The molecule has 0 aliphatic heterocycles. The monoisotopic (exact) mass is 499 g/mol. The molecule has 0 spiro atoms. The number of nitrogens with two attached hydrogens (primary N) is 1. The Morgan fingerprint density at radius 3 is 2.14 bits per heavy atom. The molecule has 10 heteroatoms.